The summed E-state index contributed by atoms with van der Waals surface area (Å²) in [5.41, 5.74) is 0.346. The SMILES string of the molecule is CC(c1ccccc1F)N(C)S(=O)(=O)c1cccc(Br)c1. The van der Waals surface area contributed by atoms with Gasteiger partial charge < -0.3 is 0 Å². The number of hydrogen-bond donors (Lipinski definition) is 0. The highest BCUT2D eigenvalue weighted by molar-refractivity contribution is 9.10. The Morgan fingerprint density at radius 3 is 2.43 bits per heavy atom. The zero-order chi connectivity index (χ0) is 15.6. The van der Waals surface area contributed by atoms with Crippen molar-refractivity contribution in [3.63, 3.8) is 0 Å². The van der Waals surface area contributed by atoms with Gasteiger partial charge in [0.05, 0.1) is 4.90 Å². The number of hydrogen-bond acceptors (Lipinski definition) is 2. The summed E-state index contributed by atoms with van der Waals surface area (Å²) in [5.74, 6) is -0.415. The second-order valence-corrected chi connectivity index (χ2v) is 7.59. The molecule has 1 unspecified atom stereocenters. The number of nitrogens with zero attached hydrogens (tertiary/aromatic N) is 1. The molecule has 21 heavy (non-hydrogen) atoms. The molecule has 3 nitrogen and oxygen atoms in total. The molecule has 0 N–H and O–H groups in total. The second-order valence-electron chi connectivity index (χ2n) is 4.68. The van der Waals surface area contributed by atoms with Crippen LogP contribution in [-0.2, 0) is 10.0 Å². The lowest BCUT2D eigenvalue weighted by molar-refractivity contribution is 0.387. The average molecular weight is 372 g/mol. The Hall–Kier alpha value is -1.24. The quantitative estimate of drug-likeness (QED) is 0.815. The number of benzene rings is 2. The highest BCUT2D eigenvalue weighted by Gasteiger charge is 2.27. The molecule has 1 atom stereocenters. The predicted octanol–water partition coefficient (Wildman–Crippen LogP) is 3.97. The molecule has 0 amide bonds. The van der Waals surface area contributed by atoms with Crippen molar-refractivity contribution < 1.29 is 12.8 Å². The van der Waals surface area contributed by atoms with Crippen LogP contribution in [0.4, 0.5) is 4.39 Å². The first-order valence-electron chi connectivity index (χ1n) is 6.32. The lowest BCUT2D eigenvalue weighted by Gasteiger charge is -2.25. The maximum atomic E-state index is 13.8. The van der Waals surface area contributed by atoms with Crippen LogP contribution in [0.2, 0.25) is 0 Å². The molecule has 0 fully saturated rings. The molecule has 2 rings (SSSR count). The molecule has 0 spiro atoms. The van der Waals surface area contributed by atoms with Crippen LogP contribution in [0, 0.1) is 5.82 Å². The van der Waals surface area contributed by atoms with Gasteiger partial charge in [-0.25, -0.2) is 12.8 Å². The van der Waals surface area contributed by atoms with Crippen molar-refractivity contribution in [3.8, 4) is 0 Å². The molecule has 0 saturated carbocycles. The Morgan fingerprint density at radius 2 is 1.81 bits per heavy atom. The molecule has 0 heterocycles. The van der Waals surface area contributed by atoms with E-state index in [4.69, 9.17) is 0 Å². The van der Waals surface area contributed by atoms with Gasteiger partial charge in [-0.2, -0.15) is 4.31 Å². The minimum Gasteiger partial charge on any atom is -0.207 e. The fourth-order valence-corrected chi connectivity index (χ4v) is 3.95. The van der Waals surface area contributed by atoms with Crippen LogP contribution < -0.4 is 0 Å². The highest BCUT2D eigenvalue weighted by Crippen LogP contribution is 2.28. The van der Waals surface area contributed by atoms with Gasteiger partial charge in [-0.05, 0) is 31.2 Å². The smallest absolute Gasteiger partial charge is 0.207 e. The van der Waals surface area contributed by atoms with Gasteiger partial charge in [0.25, 0.3) is 0 Å². The first-order valence-corrected chi connectivity index (χ1v) is 8.55. The van der Waals surface area contributed by atoms with E-state index in [9.17, 15) is 12.8 Å². The molecule has 0 saturated heterocycles. The Kier molecular flexibility index (Phi) is 4.81. The lowest BCUT2D eigenvalue weighted by Crippen LogP contribution is -2.30. The van der Waals surface area contributed by atoms with Gasteiger partial charge in [-0.3, -0.25) is 0 Å². The Bertz CT molecular complexity index is 749. The van der Waals surface area contributed by atoms with Crippen LogP contribution in [0.15, 0.2) is 57.9 Å². The van der Waals surface area contributed by atoms with Crippen LogP contribution >= 0.6 is 15.9 Å². The lowest BCUT2D eigenvalue weighted by atomic mass is 10.1. The van der Waals surface area contributed by atoms with Gasteiger partial charge in [-0.15, -0.1) is 0 Å². The van der Waals surface area contributed by atoms with E-state index in [0.29, 0.717) is 10.0 Å². The first kappa shape index (κ1) is 16.1. The van der Waals surface area contributed by atoms with Crippen molar-refractivity contribution >= 4 is 26.0 Å². The molecule has 0 aliphatic heterocycles. The zero-order valence-electron chi connectivity index (χ0n) is 11.6. The highest BCUT2D eigenvalue weighted by atomic mass is 79.9. The van der Waals surface area contributed by atoms with Crippen LogP contribution in [0.5, 0.6) is 0 Å². The molecule has 6 heteroatoms. The van der Waals surface area contributed by atoms with Gasteiger partial charge in [-0.1, -0.05) is 40.2 Å². The van der Waals surface area contributed by atoms with Gasteiger partial charge in [0.1, 0.15) is 5.82 Å². The molecule has 0 aromatic heterocycles. The van der Waals surface area contributed by atoms with E-state index in [1.807, 2.05) is 0 Å². The van der Waals surface area contributed by atoms with E-state index in [-0.39, 0.29) is 4.90 Å². The molecule has 0 radical (unpaired) electrons. The topological polar surface area (TPSA) is 37.4 Å². The molecule has 2 aromatic rings. The largest absolute Gasteiger partial charge is 0.243 e. The molecular formula is C15H15BrFNO2S. The minimum absolute atomic E-state index is 0.169. The first-order chi connectivity index (χ1) is 9.84. The number of halogens is 2. The van der Waals surface area contributed by atoms with E-state index in [1.54, 1.807) is 37.3 Å². The van der Waals surface area contributed by atoms with Crippen molar-refractivity contribution in [1.82, 2.24) is 4.31 Å². The second kappa shape index (κ2) is 6.25. The van der Waals surface area contributed by atoms with E-state index in [1.165, 1.54) is 29.6 Å². The minimum atomic E-state index is -3.69. The standard InChI is InChI=1S/C15H15BrFNO2S/c1-11(14-8-3-4-9-15(14)17)18(2)21(19,20)13-7-5-6-12(16)10-13/h3-11H,1-2H3. The van der Waals surface area contributed by atoms with Gasteiger partial charge in [0.2, 0.25) is 10.0 Å². The van der Waals surface area contributed by atoms with Gasteiger partial charge in [0.15, 0.2) is 0 Å². The summed E-state index contributed by atoms with van der Waals surface area (Å²) >= 11 is 3.25. The third kappa shape index (κ3) is 3.33. The monoisotopic (exact) mass is 371 g/mol. The number of sulfonamides is 1. The molecule has 0 aliphatic carbocycles. The van der Waals surface area contributed by atoms with Crippen LogP contribution in [0.3, 0.4) is 0 Å². The fraction of sp³-hybridized carbons (Fsp3) is 0.200. The van der Waals surface area contributed by atoms with Crippen molar-refractivity contribution in [2.75, 3.05) is 7.05 Å². The van der Waals surface area contributed by atoms with E-state index >= 15 is 0 Å². The summed E-state index contributed by atoms with van der Waals surface area (Å²) in [6.07, 6.45) is 0. The summed E-state index contributed by atoms with van der Waals surface area (Å²) in [6.45, 7) is 1.66. The third-order valence-electron chi connectivity index (χ3n) is 3.37. The normalized spacial score (nSPS) is 13.4. The Balaban J connectivity index is 2.39. The van der Waals surface area contributed by atoms with Gasteiger partial charge in [0, 0.05) is 23.1 Å². The summed E-state index contributed by atoms with van der Waals surface area (Å²) in [4.78, 5) is 0.169. The molecule has 2 aromatic carbocycles. The van der Waals surface area contributed by atoms with Crippen molar-refractivity contribution in [3.05, 3.63) is 64.4 Å². The maximum absolute atomic E-state index is 13.8. The molecular weight excluding hydrogens is 357 g/mol. The van der Waals surface area contributed by atoms with Crippen molar-refractivity contribution in [2.24, 2.45) is 0 Å². The fourth-order valence-electron chi connectivity index (χ4n) is 2.01. The average Bonchev–Trinajstić information content (AvgIpc) is 2.46. The number of rotatable bonds is 4. The van der Waals surface area contributed by atoms with E-state index in [2.05, 4.69) is 15.9 Å². The van der Waals surface area contributed by atoms with Crippen LogP contribution in [0.25, 0.3) is 0 Å². The molecule has 0 aliphatic rings. The summed E-state index contributed by atoms with van der Waals surface area (Å²) in [7, 11) is -2.24. The molecule has 112 valence electrons. The predicted molar refractivity (Wildman–Crippen MR) is 83.9 cm³/mol. The van der Waals surface area contributed by atoms with E-state index in [0.717, 1.165) is 0 Å². The van der Waals surface area contributed by atoms with E-state index < -0.39 is 21.9 Å². The van der Waals surface area contributed by atoms with Gasteiger partial charge >= 0.3 is 0 Å². The Labute approximate surface area is 132 Å². The molecule has 0 bridgehead atoms. The van der Waals surface area contributed by atoms with Crippen molar-refractivity contribution in [1.29, 1.82) is 0 Å². The summed E-state index contributed by atoms with van der Waals surface area (Å²) < 4.78 is 40.9. The third-order valence-corrected chi connectivity index (χ3v) is 5.79. The van der Waals surface area contributed by atoms with Crippen molar-refractivity contribution in [2.45, 2.75) is 17.9 Å². The summed E-state index contributed by atoms with van der Waals surface area (Å²) in [5, 5.41) is 0. The van der Waals surface area contributed by atoms with Crippen LogP contribution in [-0.4, -0.2) is 19.8 Å². The maximum Gasteiger partial charge on any atom is 0.243 e. The summed E-state index contributed by atoms with van der Waals surface area (Å²) in [6, 6.07) is 12.0. The van der Waals surface area contributed by atoms with Crippen LogP contribution in [0.1, 0.15) is 18.5 Å². The zero-order valence-corrected chi connectivity index (χ0v) is 14.0. The Morgan fingerprint density at radius 1 is 1.14 bits per heavy atom.